The third-order valence-electron chi connectivity index (χ3n) is 2.68. The molecule has 6 nitrogen and oxygen atoms in total. The number of ether oxygens (including phenoxy) is 1. The van der Waals surface area contributed by atoms with Crippen molar-refractivity contribution in [2.24, 2.45) is 0 Å². The van der Waals surface area contributed by atoms with E-state index in [1.807, 2.05) is 30.3 Å². The van der Waals surface area contributed by atoms with Crippen molar-refractivity contribution in [1.82, 2.24) is 20.2 Å². The molecule has 96 valence electrons. The van der Waals surface area contributed by atoms with Crippen molar-refractivity contribution in [1.29, 1.82) is 0 Å². The lowest BCUT2D eigenvalue weighted by molar-refractivity contribution is -0.141. The Kier molecular flexibility index (Phi) is 2.96. The zero-order chi connectivity index (χ0) is 13.2. The van der Waals surface area contributed by atoms with Crippen molar-refractivity contribution in [3.63, 3.8) is 0 Å². The van der Waals surface area contributed by atoms with Crippen LogP contribution in [0.5, 0.6) is 0 Å². The van der Waals surface area contributed by atoms with E-state index in [4.69, 9.17) is 0 Å². The molecule has 0 spiro atoms. The zero-order valence-electron chi connectivity index (χ0n) is 10.1. The molecule has 0 atom stereocenters. The van der Waals surface area contributed by atoms with Crippen molar-refractivity contribution in [3.05, 3.63) is 30.3 Å². The maximum Gasteiger partial charge on any atom is 0.327 e. The summed E-state index contributed by atoms with van der Waals surface area (Å²) >= 11 is 1.59. The van der Waals surface area contributed by atoms with Gasteiger partial charge in [0.25, 0.3) is 0 Å². The minimum absolute atomic E-state index is 0.00702. The van der Waals surface area contributed by atoms with Crippen LogP contribution in [-0.4, -0.2) is 33.3 Å². The van der Waals surface area contributed by atoms with Crippen LogP contribution in [0.15, 0.2) is 30.3 Å². The summed E-state index contributed by atoms with van der Waals surface area (Å²) in [5, 5.41) is 12.5. The monoisotopic (exact) mass is 274 g/mol. The largest absolute Gasteiger partial charge is 0.468 e. The van der Waals surface area contributed by atoms with Crippen LogP contribution in [0.1, 0.15) is 0 Å². The number of aromatic nitrogens is 4. The summed E-state index contributed by atoms with van der Waals surface area (Å²) in [6.45, 7) is 0.00702. The molecule has 0 aliphatic carbocycles. The van der Waals surface area contributed by atoms with Crippen molar-refractivity contribution in [2.75, 3.05) is 7.11 Å². The summed E-state index contributed by atoms with van der Waals surface area (Å²) in [7, 11) is 1.34. The van der Waals surface area contributed by atoms with Crippen LogP contribution in [0, 0.1) is 0 Å². The standard InChI is InChI=1S/C12H10N4O2S/c1-18-11(17)7-16-12(13-14-15-16)10-6-8-4-2-3-5-9(8)19-10/h2-6H,7H2,1H3. The number of rotatable bonds is 3. The van der Waals surface area contributed by atoms with Gasteiger partial charge in [-0.25, -0.2) is 4.68 Å². The van der Waals surface area contributed by atoms with Crippen LogP contribution < -0.4 is 0 Å². The molecule has 0 unspecified atom stereocenters. The van der Waals surface area contributed by atoms with Gasteiger partial charge in [0.2, 0.25) is 0 Å². The van der Waals surface area contributed by atoms with Crippen LogP contribution in [0.3, 0.4) is 0 Å². The molecule has 0 aliphatic rings. The van der Waals surface area contributed by atoms with Crippen molar-refractivity contribution >= 4 is 27.4 Å². The molecule has 0 saturated heterocycles. The number of tetrazole rings is 1. The quantitative estimate of drug-likeness (QED) is 0.680. The second kappa shape index (κ2) is 4.77. The molecular weight excluding hydrogens is 264 g/mol. The van der Waals surface area contributed by atoms with E-state index in [9.17, 15) is 4.79 Å². The number of carbonyl (C=O) groups is 1. The minimum Gasteiger partial charge on any atom is -0.468 e. The van der Waals surface area contributed by atoms with E-state index in [2.05, 4.69) is 20.3 Å². The highest BCUT2D eigenvalue weighted by atomic mass is 32.1. The van der Waals surface area contributed by atoms with Crippen molar-refractivity contribution < 1.29 is 9.53 Å². The maximum atomic E-state index is 11.3. The summed E-state index contributed by atoms with van der Waals surface area (Å²) in [5.74, 6) is 0.196. The SMILES string of the molecule is COC(=O)Cn1nnnc1-c1cc2ccccc2s1. The molecule has 0 radical (unpaired) electrons. The number of nitrogens with zero attached hydrogens (tertiary/aromatic N) is 4. The second-order valence-electron chi connectivity index (χ2n) is 3.88. The Bertz CT molecular complexity index is 701. The molecule has 0 N–H and O–H groups in total. The number of fused-ring (bicyclic) bond motifs is 1. The molecule has 0 aliphatic heterocycles. The Hall–Kier alpha value is -2.28. The highest BCUT2D eigenvalue weighted by Crippen LogP contribution is 2.31. The first-order valence-electron chi connectivity index (χ1n) is 5.60. The summed E-state index contributed by atoms with van der Waals surface area (Å²) in [6.07, 6.45) is 0. The lowest BCUT2D eigenvalue weighted by Gasteiger charge is -2.00. The van der Waals surface area contributed by atoms with E-state index in [0.717, 1.165) is 15.0 Å². The number of benzene rings is 1. The number of esters is 1. The lowest BCUT2D eigenvalue weighted by Crippen LogP contribution is -2.13. The first-order chi connectivity index (χ1) is 9.28. The Morgan fingerprint density at radius 2 is 2.26 bits per heavy atom. The molecule has 1 aromatic carbocycles. The van der Waals surface area contributed by atoms with Crippen molar-refractivity contribution in [2.45, 2.75) is 6.54 Å². The fraction of sp³-hybridized carbons (Fsp3) is 0.167. The molecule has 0 fully saturated rings. The molecule has 0 saturated carbocycles. The molecule has 19 heavy (non-hydrogen) atoms. The predicted octanol–water partition coefficient (Wildman–Crippen LogP) is 1.73. The summed E-state index contributed by atoms with van der Waals surface area (Å²) in [4.78, 5) is 12.2. The van der Waals surface area contributed by atoms with Gasteiger partial charge in [0, 0.05) is 4.70 Å². The van der Waals surface area contributed by atoms with Gasteiger partial charge < -0.3 is 4.74 Å². The van der Waals surface area contributed by atoms with Crippen LogP contribution in [-0.2, 0) is 16.1 Å². The van der Waals surface area contributed by atoms with E-state index in [0.29, 0.717) is 5.82 Å². The highest BCUT2D eigenvalue weighted by Gasteiger charge is 2.14. The highest BCUT2D eigenvalue weighted by molar-refractivity contribution is 7.22. The van der Waals surface area contributed by atoms with Gasteiger partial charge in [-0.3, -0.25) is 4.79 Å². The zero-order valence-corrected chi connectivity index (χ0v) is 10.9. The molecule has 3 rings (SSSR count). The molecule has 0 bridgehead atoms. The summed E-state index contributed by atoms with van der Waals surface area (Å²) in [5.41, 5.74) is 0. The van der Waals surface area contributed by atoms with E-state index < -0.39 is 0 Å². The van der Waals surface area contributed by atoms with Crippen molar-refractivity contribution in [3.8, 4) is 10.7 Å². The summed E-state index contributed by atoms with van der Waals surface area (Å²) < 4.78 is 7.22. The van der Waals surface area contributed by atoms with Crippen LogP contribution in [0.25, 0.3) is 20.8 Å². The minimum atomic E-state index is -0.380. The molecule has 2 heterocycles. The Morgan fingerprint density at radius 3 is 3.05 bits per heavy atom. The first kappa shape index (κ1) is 11.8. The molecule has 3 aromatic rings. The van der Waals surface area contributed by atoms with E-state index in [1.54, 1.807) is 11.3 Å². The molecule has 7 heteroatoms. The van der Waals surface area contributed by atoms with Crippen LogP contribution in [0.4, 0.5) is 0 Å². The van der Waals surface area contributed by atoms with E-state index in [1.165, 1.54) is 11.8 Å². The molecule has 0 amide bonds. The van der Waals surface area contributed by atoms with Gasteiger partial charge in [-0.1, -0.05) is 18.2 Å². The Morgan fingerprint density at radius 1 is 1.42 bits per heavy atom. The maximum absolute atomic E-state index is 11.3. The fourth-order valence-corrected chi connectivity index (χ4v) is 2.82. The number of hydrogen-bond donors (Lipinski definition) is 0. The topological polar surface area (TPSA) is 69.9 Å². The molecule has 2 aromatic heterocycles. The average molecular weight is 274 g/mol. The lowest BCUT2D eigenvalue weighted by atomic mass is 10.2. The third-order valence-corrected chi connectivity index (χ3v) is 3.80. The molecular formula is C12H10N4O2S. The summed E-state index contributed by atoms with van der Waals surface area (Å²) in [6, 6.07) is 10.1. The van der Waals surface area contributed by atoms with E-state index >= 15 is 0 Å². The predicted molar refractivity (Wildman–Crippen MR) is 70.7 cm³/mol. The third kappa shape index (κ3) is 2.19. The Labute approximate surface area is 112 Å². The smallest absolute Gasteiger partial charge is 0.327 e. The second-order valence-corrected chi connectivity index (χ2v) is 4.97. The van der Waals surface area contributed by atoms with Gasteiger partial charge in [0.05, 0.1) is 12.0 Å². The van der Waals surface area contributed by atoms with Gasteiger partial charge in [-0.15, -0.1) is 16.4 Å². The van der Waals surface area contributed by atoms with Gasteiger partial charge >= 0.3 is 5.97 Å². The number of hydrogen-bond acceptors (Lipinski definition) is 6. The fourth-order valence-electron chi connectivity index (χ4n) is 1.77. The van der Waals surface area contributed by atoms with Crippen LogP contribution >= 0.6 is 11.3 Å². The van der Waals surface area contributed by atoms with E-state index in [-0.39, 0.29) is 12.5 Å². The van der Waals surface area contributed by atoms with Crippen LogP contribution in [0.2, 0.25) is 0 Å². The van der Waals surface area contributed by atoms with Gasteiger partial charge in [0.1, 0.15) is 6.54 Å². The number of carbonyl (C=O) groups excluding carboxylic acids is 1. The van der Waals surface area contributed by atoms with Gasteiger partial charge in [-0.05, 0) is 27.9 Å². The normalized spacial score (nSPS) is 10.8. The number of thiophene rings is 1. The number of methoxy groups -OCH3 is 1. The first-order valence-corrected chi connectivity index (χ1v) is 6.41. The Balaban J connectivity index is 2.02. The average Bonchev–Trinajstić information content (AvgIpc) is 3.03. The van der Waals surface area contributed by atoms with Gasteiger partial charge in [-0.2, -0.15) is 0 Å². The van der Waals surface area contributed by atoms with Gasteiger partial charge in [0.15, 0.2) is 5.82 Å².